The first-order chi connectivity index (χ1) is 17.5. The lowest BCUT2D eigenvalue weighted by atomic mass is 9.94. The number of pyridine rings is 1. The lowest BCUT2D eigenvalue weighted by molar-refractivity contribution is -0.113. The van der Waals surface area contributed by atoms with Crippen LogP contribution in [0.4, 0.5) is 11.6 Å². The standard InChI is InChI=1S/C26H22Cl2N6O2/c1-3-36-21-9-5-4-8-19(21)23-22(25(35)31-17-7-6-12-29-14-17)15(2)30-26-32-24(33-34(23)26)18-11-10-16(27)13-20(18)28/h4-14,23H,3H2,1-2H3,(H,31,35)(H,30,32,33). The highest BCUT2D eigenvalue weighted by Gasteiger charge is 2.36. The summed E-state index contributed by atoms with van der Waals surface area (Å²) in [6, 6.07) is 15.7. The molecule has 0 fully saturated rings. The molecule has 0 radical (unpaired) electrons. The number of amides is 1. The van der Waals surface area contributed by atoms with Crippen molar-refractivity contribution in [1.29, 1.82) is 0 Å². The molecule has 8 nitrogen and oxygen atoms in total. The van der Waals surface area contributed by atoms with Crippen molar-refractivity contribution in [3.63, 3.8) is 0 Å². The molecule has 0 bridgehead atoms. The van der Waals surface area contributed by atoms with E-state index in [9.17, 15) is 4.79 Å². The summed E-state index contributed by atoms with van der Waals surface area (Å²) in [6.07, 6.45) is 3.24. The van der Waals surface area contributed by atoms with Gasteiger partial charge in [-0.2, -0.15) is 4.98 Å². The zero-order valence-corrected chi connectivity index (χ0v) is 21.0. The Kier molecular flexibility index (Phi) is 6.63. The van der Waals surface area contributed by atoms with E-state index in [2.05, 4.69) is 20.6 Å². The van der Waals surface area contributed by atoms with Gasteiger partial charge in [0.05, 0.1) is 29.1 Å². The fourth-order valence-electron chi connectivity index (χ4n) is 4.15. The predicted molar refractivity (Wildman–Crippen MR) is 140 cm³/mol. The zero-order valence-electron chi connectivity index (χ0n) is 19.5. The minimum Gasteiger partial charge on any atom is -0.494 e. The van der Waals surface area contributed by atoms with Gasteiger partial charge in [-0.25, -0.2) is 4.68 Å². The average Bonchev–Trinajstić information content (AvgIpc) is 3.27. The summed E-state index contributed by atoms with van der Waals surface area (Å²) in [5.74, 6) is 1.23. The molecular formula is C26H22Cl2N6O2. The van der Waals surface area contributed by atoms with Crippen LogP contribution >= 0.6 is 23.2 Å². The van der Waals surface area contributed by atoms with Crippen molar-refractivity contribution >= 4 is 40.7 Å². The third-order valence-corrected chi connectivity index (χ3v) is 6.25. The van der Waals surface area contributed by atoms with Crippen molar-refractivity contribution in [3.8, 4) is 17.1 Å². The van der Waals surface area contributed by atoms with E-state index in [-0.39, 0.29) is 5.91 Å². The van der Waals surface area contributed by atoms with Crippen LogP contribution < -0.4 is 15.4 Å². The zero-order chi connectivity index (χ0) is 25.2. The largest absolute Gasteiger partial charge is 0.494 e. The fourth-order valence-corrected chi connectivity index (χ4v) is 4.64. The summed E-state index contributed by atoms with van der Waals surface area (Å²) >= 11 is 12.5. The molecule has 0 saturated heterocycles. The molecule has 0 spiro atoms. The number of ether oxygens (including phenoxy) is 1. The van der Waals surface area contributed by atoms with Crippen LogP contribution in [0.2, 0.25) is 10.0 Å². The van der Waals surface area contributed by atoms with Gasteiger partial charge in [0, 0.05) is 28.0 Å². The van der Waals surface area contributed by atoms with E-state index in [1.165, 1.54) is 0 Å². The molecule has 36 heavy (non-hydrogen) atoms. The van der Waals surface area contributed by atoms with Crippen LogP contribution in [-0.4, -0.2) is 32.3 Å². The van der Waals surface area contributed by atoms with Crippen LogP contribution in [0, 0.1) is 0 Å². The topological polar surface area (TPSA) is 94.0 Å². The SMILES string of the molecule is CCOc1ccccc1C1C(C(=O)Nc2cccnc2)=C(C)Nc2nc(-c3ccc(Cl)cc3Cl)nn21. The molecule has 1 aliphatic heterocycles. The van der Waals surface area contributed by atoms with E-state index in [0.29, 0.717) is 56.7 Å². The first kappa shape index (κ1) is 23.8. The smallest absolute Gasteiger partial charge is 0.255 e. The molecule has 5 rings (SSSR count). The number of aromatic nitrogens is 4. The van der Waals surface area contributed by atoms with Crippen LogP contribution in [-0.2, 0) is 4.79 Å². The summed E-state index contributed by atoms with van der Waals surface area (Å²) in [5, 5.41) is 11.9. The first-order valence-corrected chi connectivity index (χ1v) is 12.0. The second-order valence-corrected chi connectivity index (χ2v) is 8.90. The van der Waals surface area contributed by atoms with Gasteiger partial charge in [0.1, 0.15) is 11.8 Å². The van der Waals surface area contributed by atoms with Gasteiger partial charge in [-0.15, -0.1) is 5.10 Å². The number of carbonyl (C=O) groups is 1. The number of nitrogens with one attached hydrogen (secondary N) is 2. The molecule has 182 valence electrons. The van der Waals surface area contributed by atoms with Gasteiger partial charge in [0.25, 0.3) is 5.91 Å². The number of hydrogen-bond acceptors (Lipinski definition) is 6. The molecule has 0 aliphatic carbocycles. The highest BCUT2D eigenvalue weighted by atomic mass is 35.5. The highest BCUT2D eigenvalue weighted by molar-refractivity contribution is 6.36. The highest BCUT2D eigenvalue weighted by Crippen LogP contribution is 2.41. The maximum atomic E-state index is 13.6. The molecule has 1 unspecified atom stereocenters. The Bertz CT molecular complexity index is 1470. The van der Waals surface area contributed by atoms with Crippen molar-refractivity contribution < 1.29 is 9.53 Å². The summed E-state index contributed by atoms with van der Waals surface area (Å²) in [6.45, 7) is 4.22. The van der Waals surface area contributed by atoms with Gasteiger partial charge in [0.15, 0.2) is 5.82 Å². The first-order valence-electron chi connectivity index (χ1n) is 11.3. The number of fused-ring (bicyclic) bond motifs is 1. The van der Waals surface area contributed by atoms with Crippen molar-refractivity contribution in [2.75, 3.05) is 17.2 Å². The van der Waals surface area contributed by atoms with Crippen molar-refractivity contribution in [2.24, 2.45) is 0 Å². The molecule has 0 saturated carbocycles. The predicted octanol–water partition coefficient (Wildman–Crippen LogP) is 5.97. The van der Waals surface area contributed by atoms with Crippen LogP contribution in [0.5, 0.6) is 5.75 Å². The van der Waals surface area contributed by atoms with Crippen LogP contribution in [0.3, 0.4) is 0 Å². The molecule has 2 aromatic carbocycles. The quantitative estimate of drug-likeness (QED) is 0.325. The maximum Gasteiger partial charge on any atom is 0.255 e. The number of hydrogen-bond donors (Lipinski definition) is 2. The number of carbonyl (C=O) groups excluding carboxylic acids is 1. The minimum atomic E-state index is -0.618. The fraction of sp³-hybridized carbons (Fsp3) is 0.154. The summed E-state index contributed by atoms with van der Waals surface area (Å²) in [7, 11) is 0. The number of halogens is 2. The van der Waals surface area contributed by atoms with E-state index < -0.39 is 6.04 Å². The number of allylic oxidation sites excluding steroid dienone is 1. The molecular weight excluding hydrogens is 499 g/mol. The van der Waals surface area contributed by atoms with E-state index in [4.69, 9.17) is 33.0 Å². The molecule has 1 aliphatic rings. The van der Waals surface area contributed by atoms with Crippen molar-refractivity contribution in [1.82, 2.24) is 19.7 Å². The normalized spacial score (nSPS) is 14.7. The molecule has 1 atom stereocenters. The lowest BCUT2D eigenvalue weighted by Crippen LogP contribution is -2.31. The Morgan fingerprint density at radius 1 is 1.17 bits per heavy atom. The summed E-state index contributed by atoms with van der Waals surface area (Å²) in [4.78, 5) is 22.4. The van der Waals surface area contributed by atoms with Gasteiger partial charge in [-0.1, -0.05) is 41.4 Å². The molecule has 3 heterocycles. The number of para-hydroxylation sites is 1. The second-order valence-electron chi connectivity index (χ2n) is 8.06. The van der Waals surface area contributed by atoms with E-state index in [1.807, 2.05) is 38.1 Å². The molecule has 10 heteroatoms. The third kappa shape index (κ3) is 4.53. The van der Waals surface area contributed by atoms with E-state index >= 15 is 0 Å². The lowest BCUT2D eigenvalue weighted by Gasteiger charge is -2.29. The second kappa shape index (κ2) is 10.0. The van der Waals surface area contributed by atoms with Gasteiger partial charge in [0.2, 0.25) is 5.95 Å². The Labute approximate surface area is 217 Å². The van der Waals surface area contributed by atoms with E-state index in [1.54, 1.807) is 47.4 Å². The summed E-state index contributed by atoms with van der Waals surface area (Å²) in [5.41, 5.74) is 3.09. The van der Waals surface area contributed by atoms with Gasteiger partial charge in [-0.3, -0.25) is 9.78 Å². The molecule has 2 aromatic heterocycles. The van der Waals surface area contributed by atoms with Gasteiger partial charge < -0.3 is 15.4 Å². The Morgan fingerprint density at radius 3 is 2.75 bits per heavy atom. The number of benzene rings is 2. The Morgan fingerprint density at radius 2 is 2.00 bits per heavy atom. The monoisotopic (exact) mass is 520 g/mol. The minimum absolute atomic E-state index is 0.295. The Hall–Kier alpha value is -3.88. The molecule has 2 N–H and O–H groups in total. The summed E-state index contributed by atoms with van der Waals surface area (Å²) < 4.78 is 7.61. The van der Waals surface area contributed by atoms with Crippen molar-refractivity contribution in [3.05, 3.63) is 93.9 Å². The van der Waals surface area contributed by atoms with Gasteiger partial charge in [-0.05, 0) is 50.2 Å². The number of anilines is 2. The average molecular weight is 521 g/mol. The molecule has 4 aromatic rings. The van der Waals surface area contributed by atoms with Crippen LogP contribution in [0.1, 0.15) is 25.5 Å². The van der Waals surface area contributed by atoms with Crippen LogP contribution in [0.25, 0.3) is 11.4 Å². The van der Waals surface area contributed by atoms with E-state index in [0.717, 1.165) is 5.56 Å². The maximum absolute atomic E-state index is 13.6. The third-order valence-electron chi connectivity index (χ3n) is 5.70. The Balaban J connectivity index is 1.65. The number of nitrogens with zero attached hydrogens (tertiary/aromatic N) is 4. The molecule has 1 amide bonds. The van der Waals surface area contributed by atoms with Gasteiger partial charge >= 0.3 is 0 Å². The number of rotatable bonds is 6. The van der Waals surface area contributed by atoms with Crippen LogP contribution in [0.15, 0.2) is 78.3 Å². The van der Waals surface area contributed by atoms with Crippen molar-refractivity contribution in [2.45, 2.75) is 19.9 Å².